The molecule has 1 aliphatic heterocycles. The molecule has 0 aromatic heterocycles. The molecule has 0 aliphatic carbocycles. The monoisotopic (exact) mass is 141 g/mol. The normalized spacial score (nSPS) is 17.1. The summed E-state index contributed by atoms with van der Waals surface area (Å²) in [7, 11) is 0. The third-order valence-corrected chi connectivity index (χ3v) is 1.79. The number of rotatable bonds is 1. The number of nitrogens with two attached hydrogens (primary N) is 1. The summed E-state index contributed by atoms with van der Waals surface area (Å²) in [5.41, 5.74) is 5.60. The number of carbonyl (C=O) groups is 1. The van der Waals surface area contributed by atoms with Gasteiger partial charge in [-0.1, -0.05) is 12.2 Å². The van der Waals surface area contributed by atoms with Gasteiger partial charge in [0.1, 0.15) is 0 Å². The maximum absolute atomic E-state index is 10.4. The molecule has 1 rings (SSSR count). The third kappa shape index (κ3) is 1.61. The number of amides is 1. The number of carbonyl (C=O) groups excluding carboxylic acids is 1. The zero-order valence-corrected chi connectivity index (χ0v) is 5.65. The van der Waals surface area contributed by atoms with E-state index in [0.29, 0.717) is 5.57 Å². The summed E-state index contributed by atoms with van der Waals surface area (Å²) in [6, 6.07) is 0. The van der Waals surface area contributed by atoms with Gasteiger partial charge in [0.05, 0.1) is 0 Å². The Hall–Kier alpha value is -0.700. The highest BCUT2D eigenvalue weighted by atomic mass is 32.2. The maximum atomic E-state index is 10.4. The maximum Gasteiger partial charge on any atom is 0.249 e. The van der Waals surface area contributed by atoms with Crippen LogP contribution < -0.4 is 5.73 Å². The summed E-state index contributed by atoms with van der Waals surface area (Å²) in [5, 5.41) is 1.78. The lowest BCUT2D eigenvalue weighted by molar-refractivity contribution is -0.114. The van der Waals surface area contributed by atoms with E-state index in [9.17, 15) is 4.79 Å². The summed E-state index contributed by atoms with van der Waals surface area (Å²) in [5.74, 6) is 0.593. The third-order valence-electron chi connectivity index (χ3n) is 0.985. The second-order valence-corrected chi connectivity index (χ2v) is 2.58. The molecule has 0 saturated carbocycles. The molecule has 1 aliphatic rings. The van der Waals surface area contributed by atoms with E-state index in [2.05, 4.69) is 0 Å². The van der Waals surface area contributed by atoms with Crippen LogP contribution in [-0.4, -0.2) is 11.7 Å². The molecular weight excluding hydrogens is 134 g/mol. The molecule has 2 N–H and O–H groups in total. The van der Waals surface area contributed by atoms with E-state index in [4.69, 9.17) is 5.73 Å². The number of hydrogen-bond donors (Lipinski definition) is 1. The van der Waals surface area contributed by atoms with Crippen LogP contribution in [0, 0.1) is 0 Å². The SMILES string of the molecule is NC(=O)C1=CSCC=C1. The standard InChI is InChI=1S/C6H7NOS/c7-6(8)5-2-1-3-9-4-5/h1-2,4H,3H2,(H2,7,8). The van der Waals surface area contributed by atoms with Crippen LogP contribution in [-0.2, 0) is 4.79 Å². The molecule has 0 unspecified atom stereocenters. The molecule has 1 amide bonds. The fourth-order valence-corrected chi connectivity index (χ4v) is 1.23. The van der Waals surface area contributed by atoms with E-state index in [1.54, 1.807) is 23.2 Å². The molecule has 0 aromatic carbocycles. The van der Waals surface area contributed by atoms with Crippen molar-refractivity contribution in [2.75, 3.05) is 5.75 Å². The molecule has 0 fully saturated rings. The zero-order chi connectivity index (χ0) is 6.69. The van der Waals surface area contributed by atoms with Gasteiger partial charge in [0, 0.05) is 11.3 Å². The number of thioether (sulfide) groups is 1. The molecular formula is C6H7NOS. The second-order valence-electron chi connectivity index (χ2n) is 1.67. The Labute approximate surface area is 57.8 Å². The number of primary amides is 1. The fourth-order valence-electron chi connectivity index (χ4n) is 0.548. The molecule has 0 radical (unpaired) electrons. The topological polar surface area (TPSA) is 43.1 Å². The summed E-state index contributed by atoms with van der Waals surface area (Å²) < 4.78 is 0. The first-order valence-electron chi connectivity index (χ1n) is 2.59. The van der Waals surface area contributed by atoms with Crippen molar-refractivity contribution in [3.63, 3.8) is 0 Å². The predicted molar refractivity (Wildman–Crippen MR) is 38.9 cm³/mol. The van der Waals surface area contributed by atoms with Crippen LogP contribution in [0.25, 0.3) is 0 Å². The minimum Gasteiger partial charge on any atom is -0.366 e. The Balaban J connectivity index is 2.69. The second kappa shape index (κ2) is 2.73. The average Bonchev–Trinajstić information content (AvgIpc) is 1.90. The molecule has 0 bridgehead atoms. The highest BCUT2D eigenvalue weighted by molar-refractivity contribution is 8.02. The zero-order valence-electron chi connectivity index (χ0n) is 4.83. The Morgan fingerprint density at radius 1 is 1.78 bits per heavy atom. The van der Waals surface area contributed by atoms with E-state index < -0.39 is 0 Å². The van der Waals surface area contributed by atoms with Crippen molar-refractivity contribution in [1.82, 2.24) is 0 Å². The van der Waals surface area contributed by atoms with Gasteiger partial charge < -0.3 is 5.73 Å². The minimum atomic E-state index is -0.349. The van der Waals surface area contributed by atoms with Gasteiger partial charge in [-0.2, -0.15) is 0 Å². The van der Waals surface area contributed by atoms with Gasteiger partial charge in [-0.3, -0.25) is 4.79 Å². The van der Waals surface area contributed by atoms with E-state index >= 15 is 0 Å². The lowest BCUT2D eigenvalue weighted by atomic mass is 10.3. The fraction of sp³-hybridized carbons (Fsp3) is 0.167. The summed E-state index contributed by atoms with van der Waals surface area (Å²) in [4.78, 5) is 10.4. The van der Waals surface area contributed by atoms with Crippen molar-refractivity contribution in [2.24, 2.45) is 5.73 Å². The lowest BCUT2D eigenvalue weighted by Crippen LogP contribution is -2.12. The van der Waals surface area contributed by atoms with E-state index in [-0.39, 0.29) is 5.91 Å². The molecule has 0 aromatic rings. The smallest absolute Gasteiger partial charge is 0.249 e. The Kier molecular flexibility index (Phi) is 1.95. The van der Waals surface area contributed by atoms with Crippen molar-refractivity contribution in [3.8, 4) is 0 Å². The van der Waals surface area contributed by atoms with Gasteiger partial charge in [0.15, 0.2) is 0 Å². The van der Waals surface area contributed by atoms with Gasteiger partial charge >= 0.3 is 0 Å². The summed E-state index contributed by atoms with van der Waals surface area (Å²) in [6.45, 7) is 0. The van der Waals surface area contributed by atoms with E-state index in [0.717, 1.165) is 5.75 Å². The van der Waals surface area contributed by atoms with E-state index in [1.165, 1.54) is 0 Å². The van der Waals surface area contributed by atoms with Gasteiger partial charge in [-0.25, -0.2) is 0 Å². The van der Waals surface area contributed by atoms with Gasteiger partial charge in [-0.05, 0) is 5.41 Å². The first-order valence-corrected chi connectivity index (χ1v) is 3.63. The number of hydrogen-bond acceptors (Lipinski definition) is 2. The van der Waals surface area contributed by atoms with Gasteiger partial charge in [0.2, 0.25) is 5.91 Å². The van der Waals surface area contributed by atoms with Crippen molar-refractivity contribution < 1.29 is 4.79 Å². The largest absolute Gasteiger partial charge is 0.366 e. The summed E-state index contributed by atoms with van der Waals surface area (Å²) in [6.07, 6.45) is 3.67. The average molecular weight is 141 g/mol. The van der Waals surface area contributed by atoms with Gasteiger partial charge in [0.25, 0.3) is 0 Å². The van der Waals surface area contributed by atoms with Crippen LogP contribution in [0.15, 0.2) is 23.1 Å². The van der Waals surface area contributed by atoms with Crippen LogP contribution in [0.1, 0.15) is 0 Å². The molecule has 0 saturated heterocycles. The highest BCUT2D eigenvalue weighted by Crippen LogP contribution is 2.13. The first kappa shape index (κ1) is 6.42. The predicted octanol–water partition coefficient (Wildman–Crippen LogP) is 0.659. The molecule has 48 valence electrons. The summed E-state index contributed by atoms with van der Waals surface area (Å²) >= 11 is 1.58. The van der Waals surface area contributed by atoms with Crippen molar-refractivity contribution in [2.45, 2.75) is 0 Å². The van der Waals surface area contributed by atoms with Gasteiger partial charge in [-0.15, -0.1) is 11.8 Å². The van der Waals surface area contributed by atoms with Crippen LogP contribution >= 0.6 is 11.8 Å². The molecule has 0 atom stereocenters. The molecule has 2 nitrogen and oxygen atoms in total. The molecule has 1 heterocycles. The molecule has 9 heavy (non-hydrogen) atoms. The first-order chi connectivity index (χ1) is 4.30. The van der Waals surface area contributed by atoms with Crippen LogP contribution in [0.5, 0.6) is 0 Å². The molecule has 3 heteroatoms. The van der Waals surface area contributed by atoms with Crippen LogP contribution in [0.3, 0.4) is 0 Å². The van der Waals surface area contributed by atoms with Crippen molar-refractivity contribution >= 4 is 17.7 Å². The molecule has 0 spiro atoms. The minimum absolute atomic E-state index is 0.349. The lowest BCUT2D eigenvalue weighted by Gasteiger charge is -1.99. The van der Waals surface area contributed by atoms with Crippen LogP contribution in [0.2, 0.25) is 0 Å². The quantitative estimate of drug-likeness (QED) is 0.583. The highest BCUT2D eigenvalue weighted by Gasteiger charge is 2.01. The Morgan fingerprint density at radius 3 is 2.89 bits per heavy atom. The van der Waals surface area contributed by atoms with Crippen LogP contribution in [0.4, 0.5) is 0 Å². The van der Waals surface area contributed by atoms with Crippen molar-refractivity contribution in [3.05, 3.63) is 23.1 Å². The Morgan fingerprint density at radius 2 is 2.56 bits per heavy atom. The Bertz CT molecular complexity index is 183. The van der Waals surface area contributed by atoms with E-state index in [1.807, 2.05) is 6.08 Å². The van der Waals surface area contributed by atoms with Crippen molar-refractivity contribution in [1.29, 1.82) is 0 Å².